The van der Waals surface area contributed by atoms with Crippen LogP contribution < -0.4 is 20.5 Å². The number of carbonyl (C=O) groups is 2. The van der Waals surface area contributed by atoms with E-state index in [0.717, 1.165) is 6.42 Å². The van der Waals surface area contributed by atoms with Crippen molar-refractivity contribution in [3.8, 4) is 11.6 Å². The molecule has 0 aliphatic carbocycles. The van der Waals surface area contributed by atoms with Gasteiger partial charge in [0.15, 0.2) is 11.6 Å². The highest BCUT2D eigenvalue weighted by atomic mass is 19.1. The molecule has 2 atom stereocenters. The zero-order valence-corrected chi connectivity index (χ0v) is 14.5. The fourth-order valence-electron chi connectivity index (χ4n) is 3.28. The fourth-order valence-corrected chi connectivity index (χ4v) is 3.28. The van der Waals surface area contributed by atoms with Crippen molar-refractivity contribution in [1.29, 1.82) is 0 Å². The summed E-state index contributed by atoms with van der Waals surface area (Å²) in [6.45, 7) is 2.18. The summed E-state index contributed by atoms with van der Waals surface area (Å²) in [7, 11) is 1.26. The lowest BCUT2D eigenvalue weighted by Gasteiger charge is -2.18. The highest BCUT2D eigenvalue weighted by Gasteiger charge is 2.32. The van der Waals surface area contributed by atoms with Crippen LogP contribution in [0.15, 0.2) is 18.3 Å². The number of hydrogen-bond acceptors (Lipinski definition) is 5. The van der Waals surface area contributed by atoms with Crippen molar-refractivity contribution in [3.05, 3.63) is 29.7 Å². The molecular formula is C18H20FN3O4. The summed E-state index contributed by atoms with van der Waals surface area (Å²) in [6.07, 6.45) is 2.75. The Morgan fingerprint density at radius 1 is 1.50 bits per heavy atom. The van der Waals surface area contributed by atoms with Gasteiger partial charge in [-0.3, -0.25) is 9.59 Å². The highest BCUT2D eigenvalue weighted by Crippen LogP contribution is 2.35. The van der Waals surface area contributed by atoms with Crippen molar-refractivity contribution in [2.45, 2.75) is 25.8 Å². The second-order valence-corrected chi connectivity index (χ2v) is 6.21. The molecule has 1 aliphatic heterocycles. The quantitative estimate of drug-likeness (QED) is 0.816. The molecule has 0 bridgehead atoms. The first-order valence-corrected chi connectivity index (χ1v) is 8.33. The van der Waals surface area contributed by atoms with E-state index in [4.69, 9.17) is 15.2 Å². The molecule has 2 unspecified atom stereocenters. The maximum atomic E-state index is 14.9. The number of nitrogens with zero attached hydrogens (tertiary/aromatic N) is 1. The van der Waals surface area contributed by atoms with Gasteiger partial charge in [-0.25, -0.2) is 9.37 Å². The first kappa shape index (κ1) is 17.9. The molecular weight excluding hydrogens is 341 g/mol. The van der Waals surface area contributed by atoms with Crippen LogP contribution in [-0.2, 0) is 4.79 Å². The summed E-state index contributed by atoms with van der Waals surface area (Å²) in [5, 5.41) is 3.39. The molecule has 0 radical (unpaired) electrons. The number of hydrogen-bond donors (Lipinski definition) is 2. The molecule has 1 fully saturated rings. The van der Waals surface area contributed by atoms with Crippen LogP contribution in [0.4, 0.5) is 4.39 Å². The molecule has 3 N–H and O–H groups in total. The number of amides is 2. The molecule has 1 aliphatic rings. The maximum absolute atomic E-state index is 14.9. The lowest BCUT2D eigenvalue weighted by molar-refractivity contribution is -0.119. The van der Waals surface area contributed by atoms with Gasteiger partial charge in [0.05, 0.1) is 24.1 Å². The lowest BCUT2D eigenvalue weighted by atomic mass is 9.98. The minimum atomic E-state index is -0.790. The van der Waals surface area contributed by atoms with Crippen LogP contribution >= 0.6 is 0 Å². The van der Waals surface area contributed by atoms with Crippen molar-refractivity contribution in [2.24, 2.45) is 11.7 Å². The molecule has 0 spiro atoms. The molecule has 1 saturated heterocycles. The number of ether oxygens (including phenoxy) is 2. The number of fused-ring (bicyclic) bond motifs is 1. The van der Waals surface area contributed by atoms with E-state index in [0.29, 0.717) is 11.8 Å². The average Bonchev–Trinajstić information content (AvgIpc) is 2.99. The summed E-state index contributed by atoms with van der Waals surface area (Å²) in [5.41, 5.74) is 5.25. The number of nitrogens with one attached hydrogen (secondary N) is 1. The molecule has 1 aromatic heterocycles. The molecule has 8 heteroatoms. The van der Waals surface area contributed by atoms with Crippen LogP contribution in [0, 0.1) is 11.7 Å². The van der Waals surface area contributed by atoms with Crippen LogP contribution in [0.3, 0.4) is 0 Å². The second kappa shape index (κ2) is 7.15. The van der Waals surface area contributed by atoms with Crippen molar-refractivity contribution < 1.29 is 23.5 Å². The van der Waals surface area contributed by atoms with Gasteiger partial charge in [-0.05, 0) is 23.4 Å². The Morgan fingerprint density at radius 2 is 2.27 bits per heavy atom. The molecule has 0 saturated carbocycles. The Morgan fingerprint density at radius 3 is 2.92 bits per heavy atom. The highest BCUT2D eigenvalue weighted by molar-refractivity contribution is 6.02. The minimum Gasteiger partial charge on any atom is -0.493 e. The van der Waals surface area contributed by atoms with Crippen LogP contribution in [-0.4, -0.2) is 36.6 Å². The Balaban J connectivity index is 1.96. The molecule has 26 heavy (non-hydrogen) atoms. The van der Waals surface area contributed by atoms with E-state index < -0.39 is 11.7 Å². The van der Waals surface area contributed by atoms with E-state index in [1.807, 2.05) is 6.92 Å². The van der Waals surface area contributed by atoms with Gasteiger partial charge in [0.2, 0.25) is 11.8 Å². The zero-order valence-electron chi connectivity index (χ0n) is 14.5. The maximum Gasteiger partial charge on any atom is 0.252 e. The SMILES string of the molecule is CCC1CC(=O)NC1COc1nccc2cc(C(N)=O)c(OC)c(F)c12. The number of aromatic nitrogens is 1. The Kier molecular flexibility index (Phi) is 4.92. The fraction of sp³-hybridized carbons (Fsp3) is 0.389. The van der Waals surface area contributed by atoms with Gasteiger partial charge in [0.1, 0.15) is 6.61 Å². The number of pyridine rings is 1. The summed E-state index contributed by atoms with van der Waals surface area (Å²) >= 11 is 0. The zero-order chi connectivity index (χ0) is 18.8. The number of benzene rings is 1. The number of halogens is 1. The average molecular weight is 361 g/mol. The predicted molar refractivity (Wildman–Crippen MR) is 92.6 cm³/mol. The molecule has 2 aromatic rings. The van der Waals surface area contributed by atoms with Gasteiger partial charge in [-0.15, -0.1) is 0 Å². The van der Waals surface area contributed by atoms with E-state index in [-0.39, 0.29) is 47.1 Å². The summed E-state index contributed by atoms with van der Waals surface area (Å²) in [5.74, 6) is -1.58. The molecule has 138 valence electrons. The monoisotopic (exact) mass is 361 g/mol. The first-order valence-electron chi connectivity index (χ1n) is 8.33. The third-order valence-corrected chi connectivity index (χ3v) is 4.67. The largest absolute Gasteiger partial charge is 0.493 e. The van der Waals surface area contributed by atoms with E-state index in [1.54, 1.807) is 6.07 Å². The third kappa shape index (κ3) is 3.14. The molecule has 2 heterocycles. The van der Waals surface area contributed by atoms with Crippen molar-refractivity contribution >= 4 is 22.6 Å². The van der Waals surface area contributed by atoms with Crippen LogP contribution in [0.5, 0.6) is 11.6 Å². The summed E-state index contributed by atoms with van der Waals surface area (Å²) < 4.78 is 25.7. The van der Waals surface area contributed by atoms with Gasteiger partial charge in [-0.1, -0.05) is 13.3 Å². The Hall–Kier alpha value is -2.90. The van der Waals surface area contributed by atoms with Crippen LogP contribution in [0.25, 0.3) is 10.8 Å². The molecule has 1 aromatic carbocycles. The predicted octanol–water partition coefficient (Wildman–Crippen LogP) is 1.77. The van der Waals surface area contributed by atoms with Gasteiger partial charge in [-0.2, -0.15) is 0 Å². The van der Waals surface area contributed by atoms with E-state index in [1.165, 1.54) is 19.4 Å². The third-order valence-electron chi connectivity index (χ3n) is 4.67. The van der Waals surface area contributed by atoms with Gasteiger partial charge >= 0.3 is 0 Å². The smallest absolute Gasteiger partial charge is 0.252 e. The molecule has 3 rings (SSSR count). The Bertz CT molecular complexity index is 871. The van der Waals surface area contributed by atoms with Crippen molar-refractivity contribution in [1.82, 2.24) is 10.3 Å². The van der Waals surface area contributed by atoms with Gasteiger partial charge in [0, 0.05) is 12.6 Å². The summed E-state index contributed by atoms with van der Waals surface area (Å²) in [6, 6.07) is 2.85. The van der Waals surface area contributed by atoms with Crippen molar-refractivity contribution in [2.75, 3.05) is 13.7 Å². The van der Waals surface area contributed by atoms with E-state index >= 15 is 0 Å². The number of nitrogens with two attached hydrogens (primary N) is 1. The Labute approximate surface area is 149 Å². The number of methoxy groups -OCH3 is 1. The number of rotatable bonds is 6. The first-order chi connectivity index (χ1) is 12.5. The number of carbonyl (C=O) groups excluding carboxylic acids is 2. The topological polar surface area (TPSA) is 104 Å². The van der Waals surface area contributed by atoms with Crippen LogP contribution in [0.2, 0.25) is 0 Å². The molecule has 7 nitrogen and oxygen atoms in total. The molecule has 2 amide bonds. The summed E-state index contributed by atoms with van der Waals surface area (Å²) in [4.78, 5) is 27.2. The lowest BCUT2D eigenvalue weighted by Crippen LogP contribution is -2.34. The van der Waals surface area contributed by atoms with Crippen LogP contribution in [0.1, 0.15) is 30.1 Å². The second-order valence-electron chi connectivity index (χ2n) is 6.21. The minimum absolute atomic E-state index is 0.0183. The van der Waals surface area contributed by atoms with E-state index in [2.05, 4.69) is 10.3 Å². The van der Waals surface area contributed by atoms with Gasteiger partial charge in [0.25, 0.3) is 5.91 Å². The number of primary amides is 1. The standard InChI is InChI=1S/C18H20FN3O4/c1-3-9-7-13(23)22-12(9)8-26-18-14-10(4-5-21-18)6-11(17(20)24)16(25-2)15(14)19/h4-6,9,12H,3,7-8H2,1-2H3,(H2,20,24)(H,22,23). The normalized spacial score (nSPS) is 19.4. The van der Waals surface area contributed by atoms with Gasteiger partial charge < -0.3 is 20.5 Å². The van der Waals surface area contributed by atoms with Crippen molar-refractivity contribution in [3.63, 3.8) is 0 Å². The van der Waals surface area contributed by atoms with E-state index in [9.17, 15) is 14.0 Å².